The van der Waals surface area contributed by atoms with Gasteiger partial charge in [0.05, 0.1) is 0 Å². The highest BCUT2D eigenvalue weighted by Crippen LogP contribution is 2.34. The Labute approximate surface area is 78.8 Å². The van der Waals surface area contributed by atoms with Crippen LogP contribution in [0.3, 0.4) is 0 Å². The highest BCUT2D eigenvalue weighted by molar-refractivity contribution is 6.01. The van der Waals surface area contributed by atoms with Crippen molar-refractivity contribution in [3.63, 3.8) is 0 Å². The predicted molar refractivity (Wildman–Crippen MR) is 53.0 cm³/mol. The number of Topliss-reactive ketones (excluding diaryl/α,β-unsaturated/α-hetero) is 1. The first-order valence-corrected chi connectivity index (χ1v) is 4.80. The molecule has 1 nitrogen and oxygen atoms in total. The minimum atomic E-state index is 0.333. The molecule has 2 rings (SSSR count). The molecule has 1 aromatic carbocycles. The second-order valence-electron chi connectivity index (χ2n) is 3.91. The Morgan fingerprint density at radius 3 is 2.23 bits per heavy atom. The van der Waals surface area contributed by atoms with Crippen molar-refractivity contribution in [2.75, 3.05) is 0 Å². The molecule has 1 aliphatic rings. The van der Waals surface area contributed by atoms with E-state index in [4.69, 9.17) is 0 Å². The van der Waals surface area contributed by atoms with E-state index in [-0.39, 0.29) is 0 Å². The maximum Gasteiger partial charge on any atom is 0.166 e. The summed E-state index contributed by atoms with van der Waals surface area (Å²) < 4.78 is 0. The molecule has 1 saturated carbocycles. The summed E-state index contributed by atoms with van der Waals surface area (Å²) in [5, 5.41) is 0. The topological polar surface area (TPSA) is 17.1 Å². The molecular weight excluding hydrogens is 160 g/mol. The molecule has 0 amide bonds. The zero-order valence-corrected chi connectivity index (χ0v) is 8.13. The van der Waals surface area contributed by atoms with Gasteiger partial charge in [0, 0.05) is 11.5 Å². The quantitative estimate of drug-likeness (QED) is 0.630. The van der Waals surface area contributed by atoms with Crippen LogP contribution in [0.15, 0.2) is 18.2 Å². The zero-order chi connectivity index (χ0) is 9.42. The summed E-state index contributed by atoms with van der Waals surface area (Å²) >= 11 is 0. The van der Waals surface area contributed by atoms with E-state index in [1.807, 2.05) is 32.0 Å². The number of ketones is 1. The number of aryl methyl sites for hydroxylation is 2. The fourth-order valence-electron chi connectivity index (χ4n) is 1.75. The molecule has 0 aliphatic heterocycles. The van der Waals surface area contributed by atoms with Crippen molar-refractivity contribution in [1.82, 2.24) is 0 Å². The highest BCUT2D eigenvalue weighted by Gasteiger charge is 2.31. The molecule has 68 valence electrons. The van der Waals surface area contributed by atoms with Crippen LogP contribution in [-0.2, 0) is 0 Å². The van der Waals surface area contributed by atoms with Crippen LogP contribution in [0, 0.1) is 19.8 Å². The normalized spacial score (nSPS) is 15.8. The summed E-state index contributed by atoms with van der Waals surface area (Å²) in [6.07, 6.45) is 2.18. The molecule has 0 atom stereocenters. The lowest BCUT2D eigenvalue weighted by Crippen LogP contribution is -2.06. The van der Waals surface area contributed by atoms with Crippen molar-refractivity contribution in [3.05, 3.63) is 34.9 Å². The smallest absolute Gasteiger partial charge is 0.166 e. The van der Waals surface area contributed by atoms with Gasteiger partial charge in [-0.05, 0) is 37.8 Å². The molecule has 13 heavy (non-hydrogen) atoms. The van der Waals surface area contributed by atoms with Gasteiger partial charge in [-0.15, -0.1) is 0 Å². The summed E-state index contributed by atoms with van der Waals surface area (Å²) in [5.41, 5.74) is 3.21. The monoisotopic (exact) mass is 174 g/mol. The first kappa shape index (κ1) is 8.49. The average Bonchev–Trinajstić information content (AvgIpc) is 2.85. The van der Waals surface area contributed by atoms with Crippen LogP contribution < -0.4 is 0 Å². The minimum Gasteiger partial charge on any atom is -0.294 e. The van der Waals surface area contributed by atoms with E-state index in [0.717, 1.165) is 29.5 Å². The van der Waals surface area contributed by atoms with Crippen molar-refractivity contribution >= 4 is 5.78 Å². The Morgan fingerprint density at radius 2 is 1.77 bits per heavy atom. The first-order valence-electron chi connectivity index (χ1n) is 4.80. The summed E-state index contributed by atoms with van der Waals surface area (Å²) in [4.78, 5) is 11.8. The molecule has 0 N–H and O–H groups in total. The largest absolute Gasteiger partial charge is 0.294 e. The van der Waals surface area contributed by atoms with E-state index in [0.29, 0.717) is 11.7 Å². The molecule has 0 spiro atoms. The van der Waals surface area contributed by atoms with E-state index in [9.17, 15) is 4.79 Å². The molecule has 1 aromatic rings. The molecule has 0 saturated heterocycles. The predicted octanol–water partition coefficient (Wildman–Crippen LogP) is 2.90. The summed E-state index contributed by atoms with van der Waals surface area (Å²) in [6.45, 7) is 4.03. The fraction of sp³-hybridized carbons (Fsp3) is 0.417. The van der Waals surface area contributed by atoms with Crippen molar-refractivity contribution in [2.45, 2.75) is 26.7 Å². The maximum atomic E-state index is 11.8. The van der Waals surface area contributed by atoms with E-state index < -0.39 is 0 Å². The van der Waals surface area contributed by atoms with E-state index >= 15 is 0 Å². The standard InChI is InChI=1S/C12H14O/c1-8-4-3-5-9(2)11(8)12(13)10-6-7-10/h3-5,10H,6-7H2,1-2H3. The molecule has 0 unspecified atom stereocenters. The lowest BCUT2D eigenvalue weighted by Gasteiger charge is -2.06. The third-order valence-corrected chi connectivity index (χ3v) is 2.68. The van der Waals surface area contributed by atoms with Gasteiger partial charge in [-0.2, -0.15) is 0 Å². The van der Waals surface area contributed by atoms with Gasteiger partial charge >= 0.3 is 0 Å². The van der Waals surface area contributed by atoms with Gasteiger partial charge in [0.15, 0.2) is 5.78 Å². The zero-order valence-electron chi connectivity index (χ0n) is 8.13. The lowest BCUT2D eigenvalue weighted by molar-refractivity contribution is 0.0966. The fourth-order valence-corrected chi connectivity index (χ4v) is 1.75. The van der Waals surface area contributed by atoms with E-state index in [2.05, 4.69) is 0 Å². The van der Waals surface area contributed by atoms with Crippen molar-refractivity contribution in [3.8, 4) is 0 Å². The summed E-state index contributed by atoms with van der Waals surface area (Å²) in [5.74, 6) is 0.690. The Morgan fingerprint density at radius 1 is 1.23 bits per heavy atom. The van der Waals surface area contributed by atoms with Crippen LogP contribution in [-0.4, -0.2) is 5.78 Å². The Hall–Kier alpha value is -1.11. The van der Waals surface area contributed by atoms with Crippen LogP contribution in [0.25, 0.3) is 0 Å². The number of benzene rings is 1. The maximum absolute atomic E-state index is 11.8. The van der Waals surface area contributed by atoms with E-state index in [1.54, 1.807) is 0 Å². The van der Waals surface area contributed by atoms with Gasteiger partial charge in [0.2, 0.25) is 0 Å². The van der Waals surface area contributed by atoms with Crippen LogP contribution in [0.1, 0.15) is 34.3 Å². The van der Waals surface area contributed by atoms with E-state index in [1.165, 1.54) is 0 Å². The molecule has 0 heterocycles. The van der Waals surface area contributed by atoms with Crippen LogP contribution in [0.5, 0.6) is 0 Å². The van der Waals surface area contributed by atoms with Gasteiger partial charge in [0.1, 0.15) is 0 Å². The highest BCUT2D eigenvalue weighted by atomic mass is 16.1. The van der Waals surface area contributed by atoms with Crippen molar-refractivity contribution in [2.24, 2.45) is 5.92 Å². The second-order valence-corrected chi connectivity index (χ2v) is 3.91. The van der Waals surface area contributed by atoms with Crippen LogP contribution in [0.2, 0.25) is 0 Å². The van der Waals surface area contributed by atoms with Crippen LogP contribution in [0.4, 0.5) is 0 Å². The van der Waals surface area contributed by atoms with Gasteiger partial charge in [0.25, 0.3) is 0 Å². The Bertz CT molecular complexity index is 328. The Kier molecular flexibility index (Phi) is 1.95. The van der Waals surface area contributed by atoms with Gasteiger partial charge in [-0.25, -0.2) is 0 Å². The molecule has 1 aliphatic carbocycles. The summed E-state index contributed by atoms with van der Waals surface area (Å²) in [7, 11) is 0. The number of hydrogen-bond donors (Lipinski definition) is 0. The number of hydrogen-bond acceptors (Lipinski definition) is 1. The third-order valence-electron chi connectivity index (χ3n) is 2.68. The molecule has 1 heteroatoms. The Balaban J connectivity index is 2.42. The van der Waals surface area contributed by atoms with Crippen molar-refractivity contribution in [1.29, 1.82) is 0 Å². The molecule has 0 bridgehead atoms. The number of rotatable bonds is 2. The molecule has 1 fully saturated rings. The van der Waals surface area contributed by atoms with Gasteiger partial charge in [-0.1, -0.05) is 18.2 Å². The molecule has 0 radical (unpaired) electrons. The number of carbonyl (C=O) groups is 1. The molecular formula is C12H14O. The first-order chi connectivity index (χ1) is 6.20. The third kappa shape index (κ3) is 1.51. The minimum absolute atomic E-state index is 0.333. The second kappa shape index (κ2) is 2.99. The lowest BCUT2D eigenvalue weighted by atomic mass is 9.97. The summed E-state index contributed by atoms with van der Waals surface area (Å²) in [6, 6.07) is 6.04. The SMILES string of the molecule is Cc1cccc(C)c1C(=O)C1CC1. The number of carbonyl (C=O) groups excluding carboxylic acids is 1. The van der Waals surface area contributed by atoms with Crippen molar-refractivity contribution < 1.29 is 4.79 Å². The van der Waals surface area contributed by atoms with Crippen LogP contribution >= 0.6 is 0 Å². The molecule has 0 aromatic heterocycles. The van der Waals surface area contributed by atoms with Gasteiger partial charge in [-0.3, -0.25) is 4.79 Å². The average molecular weight is 174 g/mol. The van der Waals surface area contributed by atoms with Gasteiger partial charge < -0.3 is 0 Å².